The summed E-state index contributed by atoms with van der Waals surface area (Å²) in [7, 11) is 0. The van der Waals surface area contributed by atoms with Crippen molar-refractivity contribution < 1.29 is 4.74 Å². The predicted octanol–water partition coefficient (Wildman–Crippen LogP) is 4.62. The molecule has 0 bridgehead atoms. The third kappa shape index (κ3) is 3.40. The SMILES string of the molecule is Cc1ccccc1-c1nnc(C)n1-c1ccc(Oc2nnc(C)c(C)c2C#N)cc1. The first-order valence-corrected chi connectivity index (χ1v) is 9.50. The number of aromatic nitrogens is 5. The molecule has 7 nitrogen and oxygen atoms in total. The lowest BCUT2D eigenvalue weighted by molar-refractivity contribution is 0.451. The summed E-state index contributed by atoms with van der Waals surface area (Å²) in [4.78, 5) is 0. The topological polar surface area (TPSA) is 89.5 Å². The van der Waals surface area contributed by atoms with Gasteiger partial charge in [-0.25, -0.2) is 0 Å². The standard InChI is InChI=1S/C23H20N6O/c1-14-7-5-6-8-20(14)22-27-26-17(4)29(22)18-9-11-19(12-10-18)30-23-21(13-24)15(2)16(3)25-28-23/h5-12H,1-4H3. The van der Waals surface area contributed by atoms with Gasteiger partial charge in [-0.2, -0.15) is 10.4 Å². The number of hydrogen-bond acceptors (Lipinski definition) is 6. The van der Waals surface area contributed by atoms with Gasteiger partial charge in [0.1, 0.15) is 23.2 Å². The van der Waals surface area contributed by atoms with Crippen molar-refractivity contribution in [3.8, 4) is 34.8 Å². The number of benzene rings is 2. The molecule has 0 saturated carbocycles. The van der Waals surface area contributed by atoms with Crippen molar-refractivity contribution in [2.45, 2.75) is 27.7 Å². The highest BCUT2D eigenvalue weighted by Gasteiger charge is 2.16. The molecule has 0 aliphatic heterocycles. The summed E-state index contributed by atoms with van der Waals surface area (Å²) in [5, 5.41) is 26.2. The maximum atomic E-state index is 9.45. The first-order valence-electron chi connectivity index (χ1n) is 9.50. The highest BCUT2D eigenvalue weighted by Crippen LogP contribution is 2.29. The number of nitriles is 1. The van der Waals surface area contributed by atoms with Crippen LogP contribution in [0.2, 0.25) is 0 Å². The molecule has 0 atom stereocenters. The zero-order valence-electron chi connectivity index (χ0n) is 17.2. The maximum Gasteiger partial charge on any atom is 0.257 e. The average molecular weight is 396 g/mol. The van der Waals surface area contributed by atoms with E-state index in [1.807, 2.05) is 67.8 Å². The minimum Gasteiger partial charge on any atom is -0.437 e. The van der Waals surface area contributed by atoms with Crippen molar-refractivity contribution in [3.05, 3.63) is 76.7 Å². The van der Waals surface area contributed by atoms with Gasteiger partial charge in [-0.15, -0.1) is 15.3 Å². The van der Waals surface area contributed by atoms with E-state index in [0.29, 0.717) is 17.0 Å². The van der Waals surface area contributed by atoms with Crippen molar-refractivity contribution in [1.82, 2.24) is 25.0 Å². The Hall–Kier alpha value is -4.05. The van der Waals surface area contributed by atoms with Crippen LogP contribution in [0, 0.1) is 39.0 Å². The Morgan fingerprint density at radius 1 is 0.867 bits per heavy atom. The molecule has 0 amide bonds. The van der Waals surface area contributed by atoms with Crippen molar-refractivity contribution in [3.63, 3.8) is 0 Å². The summed E-state index contributed by atoms with van der Waals surface area (Å²) in [6, 6.07) is 17.7. The molecule has 0 radical (unpaired) electrons. The molecular weight excluding hydrogens is 376 g/mol. The lowest BCUT2D eigenvalue weighted by atomic mass is 10.1. The molecule has 0 spiro atoms. The number of rotatable bonds is 4. The van der Waals surface area contributed by atoms with Crippen LogP contribution in [0.15, 0.2) is 48.5 Å². The third-order valence-corrected chi connectivity index (χ3v) is 5.05. The molecule has 2 heterocycles. The highest BCUT2D eigenvalue weighted by atomic mass is 16.5. The molecular formula is C23H20N6O. The van der Waals surface area contributed by atoms with Gasteiger partial charge < -0.3 is 4.74 Å². The maximum absolute atomic E-state index is 9.45. The Morgan fingerprint density at radius 3 is 2.30 bits per heavy atom. The Kier molecular flexibility index (Phi) is 4.98. The zero-order chi connectivity index (χ0) is 21.3. The molecule has 2 aromatic carbocycles. The minimum atomic E-state index is 0.203. The normalized spacial score (nSPS) is 10.6. The van der Waals surface area contributed by atoms with Gasteiger partial charge in [-0.3, -0.25) is 4.57 Å². The van der Waals surface area contributed by atoms with E-state index >= 15 is 0 Å². The summed E-state index contributed by atoms with van der Waals surface area (Å²) < 4.78 is 7.84. The number of hydrogen-bond donors (Lipinski definition) is 0. The van der Waals surface area contributed by atoms with Crippen LogP contribution < -0.4 is 4.74 Å². The van der Waals surface area contributed by atoms with Crippen LogP contribution in [0.5, 0.6) is 11.6 Å². The Bertz CT molecular complexity index is 1270. The lowest BCUT2D eigenvalue weighted by Crippen LogP contribution is -2.02. The van der Waals surface area contributed by atoms with Crippen LogP contribution in [0.1, 0.15) is 28.2 Å². The minimum absolute atomic E-state index is 0.203. The quantitative estimate of drug-likeness (QED) is 0.500. The van der Waals surface area contributed by atoms with Crippen LogP contribution in [0.4, 0.5) is 0 Å². The van der Waals surface area contributed by atoms with Crippen molar-refractivity contribution in [1.29, 1.82) is 5.26 Å². The molecule has 0 unspecified atom stereocenters. The molecule has 0 aliphatic carbocycles. The van der Waals surface area contributed by atoms with E-state index in [1.54, 1.807) is 0 Å². The van der Waals surface area contributed by atoms with Gasteiger partial charge in [0, 0.05) is 11.3 Å². The molecule has 7 heteroatoms. The van der Waals surface area contributed by atoms with E-state index in [2.05, 4.69) is 39.5 Å². The number of ether oxygens (including phenoxy) is 1. The molecule has 0 saturated heterocycles. The average Bonchev–Trinajstić information content (AvgIpc) is 3.13. The van der Waals surface area contributed by atoms with Crippen LogP contribution in [0.3, 0.4) is 0 Å². The van der Waals surface area contributed by atoms with E-state index in [0.717, 1.165) is 34.0 Å². The second kappa shape index (κ2) is 7.76. The van der Waals surface area contributed by atoms with Gasteiger partial charge in [-0.05, 0) is 63.1 Å². The van der Waals surface area contributed by atoms with E-state index in [4.69, 9.17) is 4.74 Å². The summed E-state index contributed by atoms with van der Waals surface area (Å²) in [5.41, 5.74) is 4.94. The molecule has 2 aromatic heterocycles. The van der Waals surface area contributed by atoms with Crippen LogP contribution in [-0.4, -0.2) is 25.0 Å². The fourth-order valence-corrected chi connectivity index (χ4v) is 3.23. The van der Waals surface area contributed by atoms with Gasteiger partial charge in [0.25, 0.3) is 5.88 Å². The summed E-state index contributed by atoms with van der Waals surface area (Å²) in [6.45, 7) is 7.62. The Labute approximate surface area is 174 Å². The van der Waals surface area contributed by atoms with Gasteiger partial charge >= 0.3 is 0 Å². The molecule has 0 fully saturated rings. The van der Waals surface area contributed by atoms with Crippen molar-refractivity contribution >= 4 is 0 Å². The number of aryl methyl sites for hydroxylation is 3. The molecule has 0 aliphatic rings. The van der Waals surface area contributed by atoms with E-state index in [-0.39, 0.29) is 5.88 Å². The highest BCUT2D eigenvalue weighted by molar-refractivity contribution is 5.63. The van der Waals surface area contributed by atoms with E-state index in [1.165, 1.54) is 0 Å². The molecule has 0 N–H and O–H groups in total. The smallest absolute Gasteiger partial charge is 0.257 e. The molecule has 30 heavy (non-hydrogen) atoms. The van der Waals surface area contributed by atoms with Crippen LogP contribution in [-0.2, 0) is 0 Å². The monoisotopic (exact) mass is 396 g/mol. The molecule has 4 aromatic rings. The van der Waals surface area contributed by atoms with Gasteiger partial charge in [0.15, 0.2) is 5.82 Å². The summed E-state index contributed by atoms with van der Waals surface area (Å²) in [6.07, 6.45) is 0. The van der Waals surface area contributed by atoms with E-state index in [9.17, 15) is 5.26 Å². The lowest BCUT2D eigenvalue weighted by Gasteiger charge is -2.12. The van der Waals surface area contributed by atoms with Crippen LogP contribution in [0.25, 0.3) is 17.1 Å². The molecule has 148 valence electrons. The zero-order valence-corrected chi connectivity index (χ0v) is 17.2. The first-order chi connectivity index (χ1) is 14.5. The Balaban J connectivity index is 1.68. The summed E-state index contributed by atoms with van der Waals surface area (Å²) >= 11 is 0. The van der Waals surface area contributed by atoms with E-state index < -0.39 is 0 Å². The van der Waals surface area contributed by atoms with Crippen LogP contribution >= 0.6 is 0 Å². The first kappa shape index (κ1) is 19.3. The third-order valence-electron chi connectivity index (χ3n) is 5.05. The van der Waals surface area contributed by atoms with Crippen molar-refractivity contribution in [2.24, 2.45) is 0 Å². The fourth-order valence-electron chi connectivity index (χ4n) is 3.23. The molecule has 4 rings (SSSR count). The van der Waals surface area contributed by atoms with Gasteiger partial charge in [0.05, 0.1) is 5.69 Å². The second-order valence-electron chi connectivity index (χ2n) is 7.02. The Morgan fingerprint density at radius 2 is 1.60 bits per heavy atom. The van der Waals surface area contributed by atoms with Crippen molar-refractivity contribution in [2.75, 3.05) is 0 Å². The largest absolute Gasteiger partial charge is 0.437 e. The predicted molar refractivity (Wildman–Crippen MR) is 113 cm³/mol. The summed E-state index contributed by atoms with van der Waals surface area (Å²) in [5.74, 6) is 2.34. The second-order valence-corrected chi connectivity index (χ2v) is 7.02. The van der Waals surface area contributed by atoms with Gasteiger partial charge in [-0.1, -0.05) is 24.3 Å². The van der Waals surface area contributed by atoms with Gasteiger partial charge in [0.2, 0.25) is 0 Å². The number of nitrogens with zero attached hydrogens (tertiary/aromatic N) is 6. The fraction of sp³-hybridized carbons (Fsp3) is 0.174.